The third-order valence-corrected chi connectivity index (χ3v) is 6.87. The number of esters is 1. The first-order valence-corrected chi connectivity index (χ1v) is 10.9. The van der Waals surface area contributed by atoms with E-state index in [0.29, 0.717) is 48.9 Å². The second-order valence-electron chi connectivity index (χ2n) is 6.92. The molecule has 0 unspecified atom stereocenters. The molecule has 2 aromatic rings. The Morgan fingerprint density at radius 3 is 2.17 bits per heavy atom. The van der Waals surface area contributed by atoms with Crippen LogP contribution in [0.15, 0.2) is 53.4 Å². The molecule has 29 heavy (non-hydrogen) atoms. The summed E-state index contributed by atoms with van der Waals surface area (Å²) in [6.07, 6.45) is 0. The zero-order valence-corrected chi connectivity index (χ0v) is 17.5. The number of nitrogens with zero attached hydrogens (tertiary/aromatic N) is 2. The van der Waals surface area contributed by atoms with Crippen molar-refractivity contribution in [1.29, 1.82) is 0 Å². The van der Waals surface area contributed by atoms with Gasteiger partial charge in [-0.25, -0.2) is 13.2 Å². The molecule has 0 amide bonds. The van der Waals surface area contributed by atoms with Crippen LogP contribution in [0.2, 0.25) is 0 Å². The summed E-state index contributed by atoms with van der Waals surface area (Å²) in [5.41, 5.74) is 1.50. The minimum absolute atomic E-state index is 0.259. The Hall–Kier alpha value is -2.42. The molecule has 0 aliphatic carbocycles. The van der Waals surface area contributed by atoms with Gasteiger partial charge in [-0.2, -0.15) is 4.31 Å². The fraction of sp³-hybridized carbons (Fsp3) is 0.381. The molecular formula is C21H26N2O5S. The molecule has 0 bridgehead atoms. The number of hydrogen-bond acceptors (Lipinski definition) is 6. The molecule has 0 radical (unpaired) electrons. The topological polar surface area (TPSA) is 76.2 Å². The maximum atomic E-state index is 12.7. The summed E-state index contributed by atoms with van der Waals surface area (Å²) < 4.78 is 37.4. The van der Waals surface area contributed by atoms with Crippen molar-refractivity contribution in [2.24, 2.45) is 0 Å². The second kappa shape index (κ2) is 9.39. The molecule has 1 aliphatic heterocycles. The Kier molecular flexibility index (Phi) is 6.89. The molecule has 156 valence electrons. The van der Waals surface area contributed by atoms with Gasteiger partial charge in [0, 0.05) is 32.7 Å². The largest absolute Gasteiger partial charge is 0.497 e. The number of piperazine rings is 1. The molecule has 0 aromatic heterocycles. The van der Waals surface area contributed by atoms with E-state index < -0.39 is 10.0 Å². The predicted octanol–water partition coefficient (Wildman–Crippen LogP) is 2.17. The summed E-state index contributed by atoms with van der Waals surface area (Å²) in [7, 11) is -1.90. The Balaban J connectivity index is 1.45. The molecule has 0 saturated carbocycles. The molecule has 2 aromatic carbocycles. The number of carbonyl (C=O) groups is 1. The Labute approximate surface area is 171 Å². The Bertz CT molecular complexity index is 919. The number of sulfonamides is 1. The Morgan fingerprint density at radius 2 is 1.59 bits per heavy atom. The standard InChI is InChI=1S/C21H26N2O5S/c1-17-3-9-20(10-4-17)29(25,26)23-13-11-22(12-14-23)15-16-28-21(24)18-5-7-19(27-2)8-6-18/h3-10H,11-16H2,1-2H3. The molecule has 3 rings (SSSR count). The fourth-order valence-electron chi connectivity index (χ4n) is 3.13. The van der Waals surface area contributed by atoms with Crippen molar-refractivity contribution in [3.63, 3.8) is 0 Å². The normalized spacial score (nSPS) is 15.8. The van der Waals surface area contributed by atoms with Gasteiger partial charge in [0.1, 0.15) is 12.4 Å². The summed E-state index contributed by atoms with van der Waals surface area (Å²) in [6, 6.07) is 13.7. The molecule has 7 nitrogen and oxygen atoms in total. The third-order valence-electron chi connectivity index (χ3n) is 4.96. The monoisotopic (exact) mass is 418 g/mol. The van der Waals surface area contributed by atoms with E-state index in [4.69, 9.17) is 9.47 Å². The number of methoxy groups -OCH3 is 1. The second-order valence-corrected chi connectivity index (χ2v) is 8.86. The van der Waals surface area contributed by atoms with Crippen molar-refractivity contribution in [1.82, 2.24) is 9.21 Å². The first kappa shape index (κ1) is 21.3. The highest BCUT2D eigenvalue weighted by molar-refractivity contribution is 7.89. The number of benzene rings is 2. The summed E-state index contributed by atoms with van der Waals surface area (Å²) in [4.78, 5) is 14.5. The number of aryl methyl sites for hydroxylation is 1. The van der Waals surface area contributed by atoms with Gasteiger partial charge in [-0.15, -0.1) is 0 Å². The van der Waals surface area contributed by atoms with E-state index in [1.807, 2.05) is 6.92 Å². The van der Waals surface area contributed by atoms with Crippen LogP contribution in [0.4, 0.5) is 0 Å². The van der Waals surface area contributed by atoms with Gasteiger partial charge in [-0.1, -0.05) is 17.7 Å². The zero-order chi connectivity index (χ0) is 20.9. The number of ether oxygens (including phenoxy) is 2. The Morgan fingerprint density at radius 1 is 0.966 bits per heavy atom. The van der Waals surface area contributed by atoms with E-state index in [2.05, 4.69) is 4.90 Å². The third kappa shape index (κ3) is 5.35. The van der Waals surface area contributed by atoms with E-state index in [9.17, 15) is 13.2 Å². The van der Waals surface area contributed by atoms with Crippen LogP contribution in [-0.2, 0) is 14.8 Å². The zero-order valence-electron chi connectivity index (χ0n) is 16.7. The summed E-state index contributed by atoms with van der Waals surface area (Å²) in [6.45, 7) is 4.80. The van der Waals surface area contributed by atoms with Crippen molar-refractivity contribution in [3.05, 3.63) is 59.7 Å². The highest BCUT2D eigenvalue weighted by Crippen LogP contribution is 2.18. The summed E-state index contributed by atoms with van der Waals surface area (Å²) >= 11 is 0. The van der Waals surface area contributed by atoms with Crippen molar-refractivity contribution >= 4 is 16.0 Å². The van der Waals surface area contributed by atoms with E-state index in [1.165, 1.54) is 4.31 Å². The molecule has 0 spiro atoms. The average Bonchev–Trinajstić information content (AvgIpc) is 2.74. The highest BCUT2D eigenvalue weighted by Gasteiger charge is 2.28. The van der Waals surface area contributed by atoms with Crippen LogP contribution in [0, 0.1) is 6.92 Å². The van der Waals surface area contributed by atoms with Gasteiger partial charge in [0.05, 0.1) is 17.6 Å². The van der Waals surface area contributed by atoms with Gasteiger partial charge in [0.15, 0.2) is 0 Å². The van der Waals surface area contributed by atoms with Crippen molar-refractivity contribution in [3.8, 4) is 5.75 Å². The minimum Gasteiger partial charge on any atom is -0.497 e. The quantitative estimate of drug-likeness (QED) is 0.642. The molecular weight excluding hydrogens is 392 g/mol. The van der Waals surface area contributed by atoms with Gasteiger partial charge in [-0.3, -0.25) is 4.90 Å². The van der Waals surface area contributed by atoms with E-state index in [-0.39, 0.29) is 12.6 Å². The lowest BCUT2D eigenvalue weighted by Crippen LogP contribution is -2.49. The summed E-state index contributed by atoms with van der Waals surface area (Å²) in [5.74, 6) is 0.299. The molecule has 0 N–H and O–H groups in total. The van der Waals surface area contributed by atoms with Gasteiger partial charge < -0.3 is 9.47 Å². The van der Waals surface area contributed by atoms with Gasteiger partial charge in [0.25, 0.3) is 0 Å². The number of carbonyl (C=O) groups excluding carboxylic acids is 1. The van der Waals surface area contributed by atoms with E-state index in [1.54, 1.807) is 55.6 Å². The van der Waals surface area contributed by atoms with Gasteiger partial charge in [-0.05, 0) is 43.3 Å². The molecule has 8 heteroatoms. The molecule has 1 heterocycles. The van der Waals surface area contributed by atoms with Gasteiger partial charge in [0.2, 0.25) is 10.0 Å². The van der Waals surface area contributed by atoms with Crippen LogP contribution < -0.4 is 4.74 Å². The van der Waals surface area contributed by atoms with Crippen LogP contribution >= 0.6 is 0 Å². The number of rotatable bonds is 7. The maximum absolute atomic E-state index is 12.7. The van der Waals surface area contributed by atoms with Crippen molar-refractivity contribution in [2.45, 2.75) is 11.8 Å². The van der Waals surface area contributed by atoms with Crippen LogP contribution in [-0.4, -0.2) is 70.0 Å². The van der Waals surface area contributed by atoms with Crippen LogP contribution in [0.25, 0.3) is 0 Å². The first-order chi connectivity index (χ1) is 13.9. The van der Waals surface area contributed by atoms with Crippen molar-refractivity contribution < 1.29 is 22.7 Å². The van der Waals surface area contributed by atoms with Gasteiger partial charge >= 0.3 is 5.97 Å². The van der Waals surface area contributed by atoms with Crippen molar-refractivity contribution in [2.75, 3.05) is 46.4 Å². The molecule has 1 saturated heterocycles. The predicted molar refractivity (Wildman–Crippen MR) is 110 cm³/mol. The molecule has 1 fully saturated rings. The molecule has 0 atom stereocenters. The average molecular weight is 419 g/mol. The smallest absolute Gasteiger partial charge is 0.338 e. The summed E-state index contributed by atoms with van der Waals surface area (Å²) in [5, 5.41) is 0. The van der Waals surface area contributed by atoms with E-state index in [0.717, 1.165) is 5.56 Å². The number of hydrogen-bond donors (Lipinski definition) is 0. The lowest BCUT2D eigenvalue weighted by molar-refractivity contribution is 0.0445. The lowest BCUT2D eigenvalue weighted by atomic mass is 10.2. The lowest BCUT2D eigenvalue weighted by Gasteiger charge is -2.33. The minimum atomic E-state index is -3.47. The van der Waals surface area contributed by atoms with E-state index >= 15 is 0 Å². The highest BCUT2D eigenvalue weighted by atomic mass is 32.2. The first-order valence-electron chi connectivity index (χ1n) is 9.50. The van der Waals surface area contributed by atoms with Crippen LogP contribution in [0.1, 0.15) is 15.9 Å². The maximum Gasteiger partial charge on any atom is 0.338 e. The molecule has 1 aliphatic rings. The van der Waals surface area contributed by atoms with Crippen LogP contribution in [0.5, 0.6) is 5.75 Å². The van der Waals surface area contributed by atoms with Crippen LogP contribution in [0.3, 0.4) is 0 Å². The SMILES string of the molecule is COc1ccc(C(=O)OCCN2CCN(S(=O)(=O)c3ccc(C)cc3)CC2)cc1. The fourth-order valence-corrected chi connectivity index (χ4v) is 4.55.